The molecule has 1 N–H and O–H groups in total. The molecule has 1 saturated heterocycles. The Hall–Kier alpha value is -3.11. The molecule has 2 bridgehead atoms. The zero-order valence-corrected chi connectivity index (χ0v) is 25.5. The van der Waals surface area contributed by atoms with Crippen molar-refractivity contribution < 1.29 is 18.7 Å². The third-order valence-electron chi connectivity index (χ3n) is 9.40. The van der Waals surface area contributed by atoms with Gasteiger partial charge < -0.3 is 9.72 Å². The number of carbonyl (C=O) groups is 2. The fourth-order valence-corrected chi connectivity index (χ4v) is 11.2. The number of rotatable bonds is 5. The summed E-state index contributed by atoms with van der Waals surface area (Å²) in [5.41, 5.74) is 2.17. The minimum atomic E-state index is -0.473. The zero-order valence-electron chi connectivity index (χ0n) is 22.3. The van der Waals surface area contributed by atoms with Gasteiger partial charge in [0.05, 0.1) is 22.5 Å². The molecule has 0 radical (unpaired) electrons. The van der Waals surface area contributed by atoms with Gasteiger partial charge in [-0.3, -0.25) is 19.3 Å². The van der Waals surface area contributed by atoms with Crippen molar-refractivity contribution in [3.05, 3.63) is 108 Å². The molecule has 5 unspecified atom stereocenters. The minimum Gasteiger partial charge on any atom is -0.489 e. The first-order chi connectivity index (χ1) is 20.8. The Morgan fingerprint density at radius 2 is 1.67 bits per heavy atom. The number of carbonyl (C=O) groups excluding carboxylic acids is 2. The van der Waals surface area contributed by atoms with Gasteiger partial charge in [-0.15, -0.1) is 11.8 Å². The van der Waals surface area contributed by atoms with Gasteiger partial charge in [-0.2, -0.15) is 0 Å². The van der Waals surface area contributed by atoms with Crippen LogP contribution in [-0.4, -0.2) is 22.0 Å². The summed E-state index contributed by atoms with van der Waals surface area (Å²) in [4.78, 5) is 45.5. The monoisotopic (exact) mass is 652 g/mol. The summed E-state index contributed by atoms with van der Waals surface area (Å²) < 4.78 is 20.0. The van der Waals surface area contributed by atoms with Crippen LogP contribution >= 0.6 is 46.3 Å². The second-order valence-corrected chi connectivity index (χ2v) is 14.6. The molecular weight excluding hydrogens is 630 g/mol. The van der Waals surface area contributed by atoms with Crippen molar-refractivity contribution in [3.63, 3.8) is 0 Å². The first-order valence-electron chi connectivity index (χ1n) is 14.0. The Bertz CT molecular complexity index is 1860. The first kappa shape index (κ1) is 27.4. The number of anilines is 1. The number of aromatic amines is 1. The summed E-state index contributed by atoms with van der Waals surface area (Å²) >= 11 is 15.6. The molecule has 2 aliphatic carbocycles. The first-order valence-corrected chi connectivity index (χ1v) is 16.4. The summed E-state index contributed by atoms with van der Waals surface area (Å²) in [6.07, 6.45) is 0.751. The van der Waals surface area contributed by atoms with Crippen molar-refractivity contribution >= 4 is 63.8 Å². The van der Waals surface area contributed by atoms with Gasteiger partial charge in [0.1, 0.15) is 18.2 Å². The molecular formula is C32H23Cl2FN2O4S2. The lowest BCUT2D eigenvalue weighted by atomic mass is 9.68. The van der Waals surface area contributed by atoms with Gasteiger partial charge in [0.2, 0.25) is 11.8 Å². The number of nitrogens with one attached hydrogen (secondary N) is 1. The van der Waals surface area contributed by atoms with E-state index < -0.39 is 17.7 Å². The summed E-state index contributed by atoms with van der Waals surface area (Å²) in [5.74, 6) is -1.54. The number of thiazole rings is 1. The van der Waals surface area contributed by atoms with Crippen LogP contribution in [0.3, 0.4) is 0 Å². The second-order valence-electron chi connectivity index (χ2n) is 11.5. The zero-order chi connectivity index (χ0) is 29.6. The molecule has 43 heavy (non-hydrogen) atoms. The fourth-order valence-electron chi connectivity index (χ4n) is 7.89. The number of benzene rings is 3. The molecule has 218 valence electrons. The van der Waals surface area contributed by atoms with Gasteiger partial charge in [0.25, 0.3) is 0 Å². The summed E-state index contributed by atoms with van der Waals surface area (Å²) in [7, 11) is 0. The molecule has 11 heteroatoms. The third kappa shape index (κ3) is 4.30. The molecule has 4 aromatic rings. The lowest BCUT2D eigenvalue weighted by molar-refractivity contribution is -0.123. The molecule has 0 spiro atoms. The van der Waals surface area contributed by atoms with Gasteiger partial charge in [-0.05, 0) is 84.3 Å². The van der Waals surface area contributed by atoms with Crippen LogP contribution in [0, 0.1) is 35.4 Å². The van der Waals surface area contributed by atoms with E-state index in [9.17, 15) is 18.8 Å². The average molecular weight is 654 g/mol. The Morgan fingerprint density at radius 1 is 0.930 bits per heavy atom. The molecule has 3 aromatic carbocycles. The van der Waals surface area contributed by atoms with Crippen molar-refractivity contribution in [2.75, 3.05) is 4.90 Å². The molecule has 8 rings (SSSR count). The Morgan fingerprint density at radius 3 is 2.44 bits per heavy atom. The Kier molecular flexibility index (Phi) is 6.53. The molecule has 2 aliphatic heterocycles. The number of hydrogen-bond donors (Lipinski definition) is 1. The summed E-state index contributed by atoms with van der Waals surface area (Å²) in [6.45, 7) is 0.289. The van der Waals surface area contributed by atoms with Crippen LogP contribution in [0.25, 0.3) is 0 Å². The highest BCUT2D eigenvalue weighted by Crippen LogP contribution is 2.69. The molecule has 7 atom stereocenters. The predicted molar refractivity (Wildman–Crippen MR) is 165 cm³/mol. The normalized spacial score (nSPS) is 28.6. The second kappa shape index (κ2) is 10.2. The maximum Gasteiger partial charge on any atom is 0.305 e. The van der Waals surface area contributed by atoms with E-state index in [0.29, 0.717) is 21.5 Å². The SMILES string of the molecule is O=C1C2C(C(=O)N1c1ccc(F)cc1)[C@@H]1C[C@H]2C2Sc3[nH]c(=O)sc3C(c3cc(Cl)ccc3OCc3cccc(Cl)c3)C21. The lowest BCUT2D eigenvalue weighted by Gasteiger charge is -2.43. The number of halogens is 3. The summed E-state index contributed by atoms with van der Waals surface area (Å²) in [6, 6.07) is 18.5. The van der Waals surface area contributed by atoms with Crippen molar-refractivity contribution in [2.45, 2.75) is 29.2 Å². The van der Waals surface area contributed by atoms with Crippen LogP contribution in [0.1, 0.15) is 28.3 Å². The number of hydrogen-bond acceptors (Lipinski definition) is 6. The molecule has 1 aromatic heterocycles. The maximum absolute atomic E-state index is 13.9. The van der Waals surface area contributed by atoms with Crippen LogP contribution in [0.5, 0.6) is 5.75 Å². The van der Waals surface area contributed by atoms with Gasteiger partial charge in [-0.25, -0.2) is 4.39 Å². The number of ether oxygens (including phenoxy) is 1. The molecule has 2 saturated carbocycles. The predicted octanol–water partition coefficient (Wildman–Crippen LogP) is 7.14. The van der Waals surface area contributed by atoms with E-state index in [1.165, 1.54) is 40.5 Å². The number of aromatic nitrogens is 1. The molecule has 3 fully saturated rings. The van der Waals surface area contributed by atoms with Crippen molar-refractivity contribution in [1.29, 1.82) is 0 Å². The van der Waals surface area contributed by atoms with E-state index >= 15 is 0 Å². The van der Waals surface area contributed by atoms with E-state index in [2.05, 4.69) is 4.98 Å². The van der Waals surface area contributed by atoms with Crippen molar-refractivity contribution in [1.82, 2.24) is 4.98 Å². The number of fused-ring (bicyclic) bond motifs is 9. The quantitative estimate of drug-likeness (QED) is 0.232. The van der Waals surface area contributed by atoms with Crippen LogP contribution in [-0.2, 0) is 16.2 Å². The Balaban J connectivity index is 1.20. The van der Waals surface area contributed by atoms with Crippen LogP contribution < -0.4 is 14.5 Å². The number of amides is 2. The van der Waals surface area contributed by atoms with Gasteiger partial charge in [-0.1, -0.05) is 46.7 Å². The van der Waals surface area contributed by atoms with Gasteiger partial charge in [0, 0.05) is 31.7 Å². The van der Waals surface area contributed by atoms with Crippen LogP contribution in [0.2, 0.25) is 10.0 Å². The minimum absolute atomic E-state index is 0.0127. The van der Waals surface area contributed by atoms with E-state index in [-0.39, 0.29) is 52.2 Å². The smallest absolute Gasteiger partial charge is 0.305 e. The fraction of sp³-hybridized carbons (Fsp3) is 0.281. The largest absolute Gasteiger partial charge is 0.489 e. The van der Waals surface area contributed by atoms with E-state index in [1.54, 1.807) is 17.8 Å². The molecule has 6 nitrogen and oxygen atoms in total. The Labute approximate surface area is 264 Å². The molecule has 2 amide bonds. The van der Waals surface area contributed by atoms with Crippen LogP contribution in [0.15, 0.2) is 76.6 Å². The standard InChI is InChI=1S/C32H23Cl2FN2O4S2/c33-15-3-1-2-14(10-15)13-41-22-9-4-16(34)11-19(22)23-24-20-12-21(27(24)42-29-28(23)43-32(40)36-29)26-25(20)30(38)37(31(26)39)18-7-5-17(35)6-8-18/h1-11,20-21,23-27H,12-13H2,(H,36,40)/t20-,21-,23?,24?,25?,26?,27?/m1/s1. The van der Waals surface area contributed by atoms with Gasteiger partial charge >= 0.3 is 4.87 Å². The number of nitrogens with zero attached hydrogens (tertiary/aromatic N) is 1. The number of thioether (sulfide) groups is 1. The highest BCUT2D eigenvalue weighted by molar-refractivity contribution is 8.00. The van der Waals surface area contributed by atoms with E-state index in [0.717, 1.165) is 27.5 Å². The van der Waals surface area contributed by atoms with Crippen LogP contribution in [0.4, 0.5) is 10.1 Å². The van der Waals surface area contributed by atoms with Crippen molar-refractivity contribution in [3.8, 4) is 5.75 Å². The number of H-pyrrole nitrogens is 1. The van der Waals surface area contributed by atoms with E-state index in [4.69, 9.17) is 27.9 Å². The maximum atomic E-state index is 13.9. The highest BCUT2D eigenvalue weighted by atomic mass is 35.5. The summed E-state index contributed by atoms with van der Waals surface area (Å²) in [5, 5.41) is 1.98. The lowest BCUT2D eigenvalue weighted by Crippen LogP contribution is -2.42. The van der Waals surface area contributed by atoms with E-state index in [1.807, 2.05) is 36.4 Å². The molecule has 4 aliphatic rings. The average Bonchev–Trinajstić information content (AvgIpc) is 3.72. The highest BCUT2D eigenvalue weighted by Gasteiger charge is 2.69. The third-order valence-corrected chi connectivity index (χ3v) is 12.5. The molecule has 3 heterocycles. The van der Waals surface area contributed by atoms with Gasteiger partial charge in [0.15, 0.2) is 0 Å². The topological polar surface area (TPSA) is 79.5 Å². The number of imide groups is 1. The van der Waals surface area contributed by atoms with Crippen molar-refractivity contribution in [2.24, 2.45) is 29.6 Å².